The molecule has 1 fully saturated rings. The van der Waals surface area contributed by atoms with E-state index in [0.717, 1.165) is 45.2 Å². The van der Waals surface area contributed by atoms with Crippen molar-refractivity contribution >= 4 is 34.8 Å². The van der Waals surface area contributed by atoms with E-state index in [9.17, 15) is 9.59 Å². The van der Waals surface area contributed by atoms with E-state index in [-0.39, 0.29) is 16.9 Å². The summed E-state index contributed by atoms with van der Waals surface area (Å²) in [6.45, 7) is 6.42. The maximum Gasteiger partial charge on any atom is 0.261 e. The first kappa shape index (κ1) is 24.7. The van der Waals surface area contributed by atoms with Crippen LogP contribution in [-0.4, -0.2) is 41.5 Å². The Morgan fingerprint density at radius 3 is 2.42 bits per heavy atom. The molecule has 1 aliphatic rings. The smallest absolute Gasteiger partial charge is 0.261 e. The summed E-state index contributed by atoms with van der Waals surface area (Å²) in [5.41, 5.74) is 1.55. The van der Waals surface area contributed by atoms with Gasteiger partial charge < -0.3 is 15.0 Å². The van der Waals surface area contributed by atoms with Gasteiger partial charge in [-0.25, -0.2) is 0 Å². The molecule has 0 atom stereocenters. The van der Waals surface area contributed by atoms with E-state index in [4.69, 9.17) is 17.0 Å². The Bertz CT molecular complexity index is 971. The number of nitrogens with one attached hydrogen (secondary N) is 2. The van der Waals surface area contributed by atoms with Gasteiger partial charge in [0.15, 0.2) is 5.11 Å². The van der Waals surface area contributed by atoms with Crippen molar-refractivity contribution in [3.05, 3.63) is 59.7 Å². The summed E-state index contributed by atoms with van der Waals surface area (Å²) in [6, 6.07) is 14.4. The monoisotopic (exact) mass is 467 g/mol. The van der Waals surface area contributed by atoms with Gasteiger partial charge in [-0.15, -0.1) is 0 Å². The number of hydrogen-bond acceptors (Lipinski definition) is 4. The molecule has 0 unspecified atom stereocenters. The molecule has 3 rings (SSSR count). The average Bonchev–Trinajstić information content (AvgIpc) is 2.82. The molecule has 1 aliphatic heterocycles. The Labute approximate surface area is 201 Å². The van der Waals surface area contributed by atoms with Crippen LogP contribution in [0, 0.1) is 5.92 Å². The molecule has 1 heterocycles. The van der Waals surface area contributed by atoms with Gasteiger partial charge in [0.1, 0.15) is 5.75 Å². The summed E-state index contributed by atoms with van der Waals surface area (Å²) in [7, 11) is 0. The third kappa shape index (κ3) is 7.02. The van der Waals surface area contributed by atoms with E-state index in [1.54, 1.807) is 30.3 Å². The van der Waals surface area contributed by atoms with Gasteiger partial charge in [0.2, 0.25) is 0 Å². The maximum atomic E-state index is 13.1. The highest BCUT2D eigenvalue weighted by Crippen LogP contribution is 2.23. The van der Waals surface area contributed by atoms with Crippen molar-refractivity contribution < 1.29 is 14.3 Å². The lowest BCUT2D eigenvalue weighted by molar-refractivity contribution is 0.0698. The Kier molecular flexibility index (Phi) is 9.24. The fourth-order valence-corrected chi connectivity index (χ4v) is 4.00. The summed E-state index contributed by atoms with van der Waals surface area (Å²) >= 11 is 5.39. The first-order valence-electron chi connectivity index (χ1n) is 11.7. The van der Waals surface area contributed by atoms with Crippen molar-refractivity contribution in [3.8, 4) is 5.75 Å². The molecule has 1 saturated heterocycles. The fourth-order valence-electron chi connectivity index (χ4n) is 3.80. The van der Waals surface area contributed by atoms with Crippen LogP contribution in [-0.2, 0) is 0 Å². The SMILES string of the molecule is CCCCCOc1ccccc1C(=O)NC(=S)Nc1ccccc1C(=O)N1CCC(C)CC1. The predicted octanol–water partition coefficient (Wildman–Crippen LogP) is 5.25. The highest BCUT2D eigenvalue weighted by atomic mass is 32.1. The fraction of sp³-hybridized carbons (Fsp3) is 0.423. The van der Waals surface area contributed by atoms with Gasteiger partial charge in [-0.3, -0.25) is 14.9 Å². The zero-order valence-electron chi connectivity index (χ0n) is 19.4. The number of para-hydroxylation sites is 2. The number of ether oxygens (including phenoxy) is 1. The van der Waals surface area contributed by atoms with Crippen molar-refractivity contribution in [1.82, 2.24) is 10.2 Å². The lowest BCUT2D eigenvalue weighted by Gasteiger charge is -2.31. The standard InChI is InChI=1S/C26H33N3O3S/c1-3-4-9-18-32-23-13-8-6-11-21(23)24(30)28-26(33)27-22-12-7-5-10-20(22)25(31)29-16-14-19(2)15-17-29/h5-8,10-13,19H,3-4,9,14-18H2,1-2H3,(H2,27,28,30,33). The molecule has 33 heavy (non-hydrogen) atoms. The quantitative estimate of drug-likeness (QED) is 0.410. The molecular formula is C26H33N3O3S. The molecule has 2 aromatic carbocycles. The van der Waals surface area contributed by atoms with Crippen molar-refractivity contribution in [1.29, 1.82) is 0 Å². The molecular weight excluding hydrogens is 434 g/mol. The molecule has 0 bridgehead atoms. The number of nitrogens with zero attached hydrogens (tertiary/aromatic N) is 1. The topological polar surface area (TPSA) is 70.7 Å². The molecule has 2 N–H and O–H groups in total. The number of anilines is 1. The Hall–Kier alpha value is -2.93. The lowest BCUT2D eigenvalue weighted by Crippen LogP contribution is -2.39. The summed E-state index contributed by atoms with van der Waals surface area (Å²) < 4.78 is 5.81. The number of unbranched alkanes of at least 4 members (excludes halogenated alkanes) is 2. The van der Waals surface area contributed by atoms with Crippen molar-refractivity contribution in [2.45, 2.75) is 46.0 Å². The van der Waals surface area contributed by atoms with E-state index < -0.39 is 0 Å². The third-order valence-corrected chi connectivity index (χ3v) is 6.04. The molecule has 0 aliphatic carbocycles. The Morgan fingerprint density at radius 2 is 1.70 bits per heavy atom. The normalized spacial score (nSPS) is 13.9. The van der Waals surface area contributed by atoms with Crippen LogP contribution in [0.15, 0.2) is 48.5 Å². The van der Waals surface area contributed by atoms with Crippen LogP contribution in [0.3, 0.4) is 0 Å². The zero-order valence-corrected chi connectivity index (χ0v) is 20.2. The maximum absolute atomic E-state index is 13.1. The van der Waals surface area contributed by atoms with Crippen molar-refractivity contribution in [2.24, 2.45) is 5.92 Å². The van der Waals surface area contributed by atoms with Gasteiger partial charge >= 0.3 is 0 Å². The first-order chi connectivity index (χ1) is 16.0. The Balaban J connectivity index is 1.64. The number of hydrogen-bond donors (Lipinski definition) is 2. The van der Waals surface area contributed by atoms with E-state index in [1.807, 2.05) is 23.1 Å². The van der Waals surface area contributed by atoms with Gasteiger partial charge in [-0.05, 0) is 61.7 Å². The van der Waals surface area contributed by atoms with Crippen LogP contribution in [0.4, 0.5) is 5.69 Å². The van der Waals surface area contributed by atoms with Gasteiger partial charge in [-0.2, -0.15) is 0 Å². The van der Waals surface area contributed by atoms with Crippen LogP contribution < -0.4 is 15.4 Å². The highest BCUT2D eigenvalue weighted by molar-refractivity contribution is 7.80. The molecule has 0 saturated carbocycles. The van der Waals surface area contributed by atoms with Crippen molar-refractivity contribution in [3.63, 3.8) is 0 Å². The highest BCUT2D eigenvalue weighted by Gasteiger charge is 2.23. The summed E-state index contributed by atoms with van der Waals surface area (Å²) in [4.78, 5) is 27.8. The minimum Gasteiger partial charge on any atom is -0.493 e. The largest absolute Gasteiger partial charge is 0.493 e. The van der Waals surface area contributed by atoms with Crippen LogP contribution in [0.5, 0.6) is 5.75 Å². The first-order valence-corrected chi connectivity index (χ1v) is 12.1. The molecule has 6 nitrogen and oxygen atoms in total. The zero-order chi connectivity index (χ0) is 23.6. The number of piperidine rings is 1. The number of rotatable bonds is 8. The number of carbonyl (C=O) groups is 2. The summed E-state index contributed by atoms with van der Waals surface area (Å²) in [5.74, 6) is 0.796. The van der Waals surface area contributed by atoms with Crippen molar-refractivity contribution in [2.75, 3.05) is 25.0 Å². The molecule has 0 aromatic heterocycles. The van der Waals surface area contributed by atoms with Gasteiger partial charge in [0.05, 0.1) is 23.4 Å². The lowest BCUT2D eigenvalue weighted by atomic mass is 9.98. The minimum absolute atomic E-state index is 0.0232. The number of likely N-dealkylation sites (tertiary alicyclic amines) is 1. The summed E-state index contributed by atoms with van der Waals surface area (Å²) in [6.07, 6.45) is 5.14. The molecule has 2 aromatic rings. The second-order valence-electron chi connectivity index (χ2n) is 8.48. The molecule has 176 valence electrons. The summed E-state index contributed by atoms with van der Waals surface area (Å²) in [5, 5.41) is 5.88. The van der Waals surface area contributed by atoms with Gasteiger partial charge in [-0.1, -0.05) is 51.0 Å². The van der Waals surface area contributed by atoms with Crippen LogP contribution in [0.25, 0.3) is 0 Å². The molecule has 0 spiro atoms. The van der Waals surface area contributed by atoms with E-state index >= 15 is 0 Å². The minimum atomic E-state index is -0.354. The van der Waals surface area contributed by atoms with Gasteiger partial charge in [0, 0.05) is 13.1 Å². The second kappa shape index (κ2) is 12.3. The molecule has 7 heteroatoms. The van der Waals surface area contributed by atoms with Crippen LogP contribution in [0.2, 0.25) is 0 Å². The number of thiocarbonyl (C=S) groups is 1. The van der Waals surface area contributed by atoms with Crippen LogP contribution >= 0.6 is 12.2 Å². The number of benzene rings is 2. The number of carbonyl (C=O) groups excluding carboxylic acids is 2. The van der Waals surface area contributed by atoms with Gasteiger partial charge in [0.25, 0.3) is 11.8 Å². The van der Waals surface area contributed by atoms with E-state index in [2.05, 4.69) is 24.5 Å². The number of amides is 2. The third-order valence-electron chi connectivity index (χ3n) is 5.84. The average molecular weight is 468 g/mol. The van der Waals surface area contributed by atoms with Crippen LogP contribution in [0.1, 0.15) is 66.7 Å². The molecule has 0 radical (unpaired) electrons. The second-order valence-corrected chi connectivity index (χ2v) is 8.89. The van der Waals surface area contributed by atoms with E-state index in [1.165, 1.54) is 0 Å². The molecule has 2 amide bonds. The van der Waals surface area contributed by atoms with E-state index in [0.29, 0.717) is 35.1 Å². The predicted molar refractivity (Wildman–Crippen MR) is 136 cm³/mol. The Morgan fingerprint density at radius 1 is 1.03 bits per heavy atom.